The van der Waals surface area contributed by atoms with Crippen LogP contribution in [-0.4, -0.2) is 13.1 Å². The van der Waals surface area contributed by atoms with Crippen LogP contribution < -0.4 is 5.32 Å². The van der Waals surface area contributed by atoms with Crippen LogP contribution in [0.2, 0.25) is 0 Å². The van der Waals surface area contributed by atoms with Gasteiger partial charge in [-0.15, -0.1) is 0 Å². The highest BCUT2D eigenvalue weighted by atomic mass is 14.9. The zero-order valence-electron chi connectivity index (χ0n) is 11.8. The van der Waals surface area contributed by atoms with Crippen LogP contribution in [-0.2, 0) is 6.42 Å². The molecule has 0 heterocycles. The first-order chi connectivity index (χ1) is 7.94. The Morgan fingerprint density at radius 1 is 1.35 bits per heavy atom. The Morgan fingerprint density at radius 2 is 2.00 bits per heavy atom. The lowest BCUT2D eigenvalue weighted by molar-refractivity contribution is 0.425. The molecule has 1 fully saturated rings. The van der Waals surface area contributed by atoms with Gasteiger partial charge in [0.1, 0.15) is 0 Å². The summed E-state index contributed by atoms with van der Waals surface area (Å²) in [4.78, 5) is 0. The third-order valence-electron chi connectivity index (χ3n) is 4.39. The summed E-state index contributed by atoms with van der Waals surface area (Å²) in [5.74, 6) is 0.840. The number of benzene rings is 1. The van der Waals surface area contributed by atoms with Crippen LogP contribution in [0.4, 0.5) is 0 Å². The van der Waals surface area contributed by atoms with E-state index in [0.29, 0.717) is 11.5 Å². The second-order valence-electron chi connectivity index (χ2n) is 6.33. The Kier molecular flexibility index (Phi) is 3.31. The molecule has 1 aromatic carbocycles. The minimum atomic E-state index is 0.547. The first kappa shape index (κ1) is 12.6. The molecule has 17 heavy (non-hydrogen) atoms. The predicted molar refractivity (Wildman–Crippen MR) is 74.4 cm³/mol. The molecule has 0 amide bonds. The largest absolute Gasteiger partial charge is 0.316 e. The van der Waals surface area contributed by atoms with Crippen molar-refractivity contribution in [2.45, 2.75) is 46.6 Å². The third-order valence-corrected chi connectivity index (χ3v) is 4.39. The monoisotopic (exact) mass is 231 g/mol. The molecular formula is C16H25N. The quantitative estimate of drug-likeness (QED) is 0.836. The van der Waals surface area contributed by atoms with Crippen LogP contribution in [0.1, 0.15) is 37.0 Å². The zero-order chi connectivity index (χ0) is 12.6. The molecule has 1 nitrogen and oxygen atoms in total. The molecule has 94 valence electrons. The van der Waals surface area contributed by atoms with Gasteiger partial charge in [-0.3, -0.25) is 0 Å². The van der Waals surface area contributed by atoms with E-state index in [-0.39, 0.29) is 0 Å². The Labute approximate surface area is 106 Å². The van der Waals surface area contributed by atoms with Gasteiger partial charge in [0.2, 0.25) is 0 Å². The molecule has 1 aliphatic carbocycles. The molecule has 2 atom stereocenters. The maximum absolute atomic E-state index is 3.51. The smallest absolute Gasteiger partial charge is 0.0138 e. The minimum absolute atomic E-state index is 0.547. The number of nitrogens with one attached hydrogen (secondary N) is 1. The van der Waals surface area contributed by atoms with E-state index in [0.717, 1.165) is 12.3 Å². The number of hydrogen-bond donors (Lipinski definition) is 1. The van der Waals surface area contributed by atoms with Gasteiger partial charge < -0.3 is 5.32 Å². The summed E-state index contributed by atoms with van der Waals surface area (Å²) in [7, 11) is 2.10. The maximum atomic E-state index is 3.51. The Bertz CT molecular complexity index is 406. The number of likely N-dealkylation sites (N-methyl/N-ethyl adjacent to an activating group) is 1. The van der Waals surface area contributed by atoms with Gasteiger partial charge >= 0.3 is 0 Å². The summed E-state index contributed by atoms with van der Waals surface area (Å²) >= 11 is 0. The summed E-state index contributed by atoms with van der Waals surface area (Å²) in [5.41, 5.74) is 4.85. The van der Waals surface area contributed by atoms with Gasteiger partial charge in [0, 0.05) is 6.04 Å². The van der Waals surface area contributed by atoms with E-state index in [1.54, 1.807) is 0 Å². The van der Waals surface area contributed by atoms with Gasteiger partial charge in [-0.05, 0) is 56.2 Å². The van der Waals surface area contributed by atoms with E-state index in [2.05, 4.69) is 58.3 Å². The van der Waals surface area contributed by atoms with Crippen LogP contribution in [0.5, 0.6) is 0 Å². The molecule has 0 bridgehead atoms. The first-order valence-corrected chi connectivity index (χ1v) is 6.67. The molecule has 0 spiro atoms. The summed E-state index contributed by atoms with van der Waals surface area (Å²) in [6.45, 7) is 9.16. The normalized spacial score (nSPS) is 23.5. The lowest BCUT2D eigenvalue weighted by Crippen LogP contribution is -2.31. The van der Waals surface area contributed by atoms with Gasteiger partial charge in [-0.25, -0.2) is 0 Å². The highest BCUT2D eigenvalue weighted by Gasteiger charge is 2.49. The van der Waals surface area contributed by atoms with Crippen molar-refractivity contribution >= 4 is 0 Å². The van der Waals surface area contributed by atoms with Crippen molar-refractivity contribution in [1.82, 2.24) is 5.32 Å². The number of aryl methyl sites for hydroxylation is 2. The molecule has 1 aliphatic rings. The van der Waals surface area contributed by atoms with Crippen LogP contribution in [0.3, 0.4) is 0 Å². The van der Waals surface area contributed by atoms with Crippen LogP contribution >= 0.6 is 0 Å². The second-order valence-corrected chi connectivity index (χ2v) is 6.33. The van der Waals surface area contributed by atoms with Crippen LogP contribution in [0.15, 0.2) is 18.2 Å². The summed E-state index contributed by atoms with van der Waals surface area (Å²) < 4.78 is 0. The molecule has 1 aromatic rings. The van der Waals surface area contributed by atoms with E-state index < -0.39 is 0 Å². The van der Waals surface area contributed by atoms with E-state index in [1.165, 1.54) is 23.1 Å². The van der Waals surface area contributed by atoms with E-state index in [9.17, 15) is 0 Å². The molecule has 2 unspecified atom stereocenters. The molecule has 1 N–H and O–H groups in total. The van der Waals surface area contributed by atoms with Crippen molar-refractivity contribution in [3.05, 3.63) is 34.9 Å². The Balaban J connectivity index is 2.11. The molecular weight excluding hydrogens is 206 g/mol. The van der Waals surface area contributed by atoms with Crippen molar-refractivity contribution < 1.29 is 0 Å². The molecule has 0 radical (unpaired) electrons. The van der Waals surface area contributed by atoms with E-state index in [1.807, 2.05) is 0 Å². The first-order valence-electron chi connectivity index (χ1n) is 6.67. The lowest BCUT2D eigenvalue weighted by atomic mass is 9.94. The third kappa shape index (κ3) is 2.71. The molecule has 0 aliphatic heterocycles. The fraction of sp³-hybridized carbons (Fsp3) is 0.625. The minimum Gasteiger partial charge on any atom is -0.316 e. The number of hydrogen-bond acceptors (Lipinski definition) is 1. The highest BCUT2D eigenvalue weighted by molar-refractivity contribution is 5.31. The fourth-order valence-electron chi connectivity index (χ4n) is 2.90. The SMILES string of the molecule is CNC(Cc1cc(C)ccc1C)C1CC1(C)C. The van der Waals surface area contributed by atoms with Crippen molar-refractivity contribution in [2.24, 2.45) is 11.3 Å². The second kappa shape index (κ2) is 4.45. The molecule has 0 aromatic heterocycles. The fourth-order valence-corrected chi connectivity index (χ4v) is 2.90. The van der Waals surface area contributed by atoms with Gasteiger partial charge in [-0.1, -0.05) is 37.6 Å². The van der Waals surface area contributed by atoms with Crippen molar-refractivity contribution in [1.29, 1.82) is 0 Å². The molecule has 0 saturated heterocycles. The summed E-state index contributed by atoms with van der Waals surface area (Å²) in [6, 6.07) is 7.42. The lowest BCUT2D eigenvalue weighted by Gasteiger charge is -2.19. The van der Waals surface area contributed by atoms with Gasteiger partial charge in [0.25, 0.3) is 0 Å². The molecule has 1 heteroatoms. The van der Waals surface area contributed by atoms with E-state index >= 15 is 0 Å². The average molecular weight is 231 g/mol. The molecule has 1 saturated carbocycles. The summed E-state index contributed by atoms with van der Waals surface area (Å²) in [5, 5.41) is 3.51. The van der Waals surface area contributed by atoms with E-state index in [4.69, 9.17) is 0 Å². The van der Waals surface area contributed by atoms with Gasteiger partial charge in [0.05, 0.1) is 0 Å². The number of rotatable bonds is 4. The van der Waals surface area contributed by atoms with Gasteiger partial charge in [0.15, 0.2) is 0 Å². The average Bonchev–Trinajstić information content (AvgIpc) is 2.89. The zero-order valence-corrected chi connectivity index (χ0v) is 11.8. The van der Waals surface area contributed by atoms with Gasteiger partial charge in [-0.2, -0.15) is 0 Å². The topological polar surface area (TPSA) is 12.0 Å². The van der Waals surface area contributed by atoms with Crippen LogP contribution in [0.25, 0.3) is 0 Å². The predicted octanol–water partition coefficient (Wildman–Crippen LogP) is 3.48. The maximum Gasteiger partial charge on any atom is 0.0138 e. The van der Waals surface area contributed by atoms with Crippen molar-refractivity contribution in [2.75, 3.05) is 7.05 Å². The highest BCUT2D eigenvalue weighted by Crippen LogP contribution is 2.54. The Morgan fingerprint density at radius 3 is 2.53 bits per heavy atom. The van der Waals surface area contributed by atoms with Crippen molar-refractivity contribution in [3.8, 4) is 0 Å². The van der Waals surface area contributed by atoms with Crippen molar-refractivity contribution in [3.63, 3.8) is 0 Å². The molecule has 2 rings (SSSR count). The summed E-state index contributed by atoms with van der Waals surface area (Å²) in [6.07, 6.45) is 2.53. The van der Waals surface area contributed by atoms with Crippen LogP contribution in [0, 0.1) is 25.2 Å². The standard InChI is InChI=1S/C16H25N/c1-11-6-7-12(2)13(8-11)9-15(17-5)14-10-16(14,3)4/h6-8,14-15,17H,9-10H2,1-5H3. The Hall–Kier alpha value is -0.820.